The summed E-state index contributed by atoms with van der Waals surface area (Å²) in [6.07, 6.45) is -0.187. The molecule has 19 heavy (non-hydrogen) atoms. The molecule has 0 spiro atoms. The van der Waals surface area contributed by atoms with E-state index in [2.05, 4.69) is 5.32 Å². The van der Waals surface area contributed by atoms with Crippen LogP contribution in [0, 0.1) is 6.92 Å². The molecule has 2 atom stereocenters. The maximum absolute atomic E-state index is 12.4. The quantitative estimate of drug-likeness (QED) is 0.857. The van der Waals surface area contributed by atoms with Gasteiger partial charge in [0.15, 0.2) is 0 Å². The van der Waals surface area contributed by atoms with Gasteiger partial charge in [0.1, 0.15) is 0 Å². The van der Waals surface area contributed by atoms with Gasteiger partial charge in [0.25, 0.3) is 0 Å². The van der Waals surface area contributed by atoms with Crippen LogP contribution >= 0.6 is 0 Å². The maximum Gasteiger partial charge on any atom is 0.305 e. The summed E-state index contributed by atoms with van der Waals surface area (Å²) in [5.41, 5.74) is 1.87. The minimum atomic E-state index is -0.967. The van der Waals surface area contributed by atoms with Gasteiger partial charge in [0.05, 0.1) is 12.5 Å². The van der Waals surface area contributed by atoms with E-state index >= 15 is 0 Å². The Bertz CT molecular complexity index is 501. The van der Waals surface area contributed by atoms with E-state index in [9.17, 15) is 9.59 Å². The first kappa shape index (κ1) is 13.5. The van der Waals surface area contributed by atoms with E-state index in [-0.39, 0.29) is 18.4 Å². The van der Waals surface area contributed by atoms with Gasteiger partial charge >= 0.3 is 5.97 Å². The third-order valence-electron chi connectivity index (χ3n) is 3.39. The molecule has 2 unspecified atom stereocenters. The van der Waals surface area contributed by atoms with Crippen molar-refractivity contribution in [3.63, 3.8) is 0 Å². The zero-order valence-corrected chi connectivity index (χ0v) is 11.1. The molecule has 5 heteroatoms. The van der Waals surface area contributed by atoms with Crippen LogP contribution in [0.5, 0.6) is 0 Å². The van der Waals surface area contributed by atoms with E-state index in [1.165, 1.54) is 0 Å². The molecule has 1 fully saturated rings. The van der Waals surface area contributed by atoms with E-state index in [0.717, 1.165) is 11.3 Å². The minimum Gasteiger partial charge on any atom is -0.481 e. The molecule has 102 valence electrons. The van der Waals surface area contributed by atoms with Gasteiger partial charge in [-0.3, -0.25) is 9.59 Å². The Kier molecular flexibility index (Phi) is 3.85. The van der Waals surface area contributed by atoms with Crippen molar-refractivity contribution < 1.29 is 14.7 Å². The second-order valence-electron chi connectivity index (χ2n) is 4.90. The number of rotatable bonds is 3. The molecule has 0 aromatic heterocycles. The Balaban J connectivity index is 2.29. The number of para-hydroxylation sites is 1. The van der Waals surface area contributed by atoms with Crippen LogP contribution in [0.3, 0.4) is 0 Å². The fourth-order valence-corrected chi connectivity index (χ4v) is 2.40. The fourth-order valence-electron chi connectivity index (χ4n) is 2.40. The lowest BCUT2D eigenvalue weighted by molar-refractivity contribution is -0.140. The predicted molar refractivity (Wildman–Crippen MR) is 72.2 cm³/mol. The largest absolute Gasteiger partial charge is 0.481 e. The number of carbonyl (C=O) groups is 2. The first-order valence-electron chi connectivity index (χ1n) is 6.34. The molecular weight excluding hydrogens is 244 g/mol. The van der Waals surface area contributed by atoms with Gasteiger partial charge in [-0.15, -0.1) is 0 Å². The molecule has 2 rings (SSSR count). The zero-order chi connectivity index (χ0) is 14.0. The second kappa shape index (κ2) is 5.40. The van der Waals surface area contributed by atoms with Gasteiger partial charge in [-0.1, -0.05) is 18.2 Å². The van der Waals surface area contributed by atoms with Crippen molar-refractivity contribution in [2.75, 3.05) is 11.4 Å². The van der Waals surface area contributed by atoms with Crippen molar-refractivity contribution in [1.29, 1.82) is 0 Å². The van der Waals surface area contributed by atoms with Crippen LogP contribution in [0.15, 0.2) is 24.3 Å². The van der Waals surface area contributed by atoms with E-state index in [1.807, 2.05) is 38.1 Å². The molecule has 1 aromatic rings. The van der Waals surface area contributed by atoms with Crippen LogP contribution in [0.1, 0.15) is 18.9 Å². The number of amides is 1. The molecule has 1 aromatic carbocycles. The van der Waals surface area contributed by atoms with E-state index < -0.39 is 12.0 Å². The number of anilines is 1. The monoisotopic (exact) mass is 262 g/mol. The van der Waals surface area contributed by atoms with Crippen LogP contribution in [0.4, 0.5) is 5.69 Å². The van der Waals surface area contributed by atoms with Crippen LogP contribution in [-0.2, 0) is 9.59 Å². The van der Waals surface area contributed by atoms with Crippen LogP contribution in [0.2, 0.25) is 0 Å². The number of benzene rings is 1. The lowest BCUT2D eigenvalue weighted by atomic mass is 10.0. The molecular formula is C14H18N2O3. The van der Waals surface area contributed by atoms with Crippen LogP contribution in [0.25, 0.3) is 0 Å². The molecule has 2 N–H and O–H groups in total. The highest BCUT2D eigenvalue weighted by Crippen LogP contribution is 2.25. The van der Waals surface area contributed by atoms with E-state index in [4.69, 9.17) is 5.11 Å². The maximum atomic E-state index is 12.4. The summed E-state index contributed by atoms with van der Waals surface area (Å²) in [5, 5.41) is 11.8. The lowest BCUT2D eigenvalue weighted by Gasteiger charge is -2.38. The molecule has 1 heterocycles. The van der Waals surface area contributed by atoms with Crippen molar-refractivity contribution in [2.45, 2.75) is 32.4 Å². The van der Waals surface area contributed by atoms with Gasteiger partial charge in [-0.2, -0.15) is 0 Å². The van der Waals surface area contributed by atoms with Gasteiger partial charge in [0.2, 0.25) is 5.91 Å². The topological polar surface area (TPSA) is 69.6 Å². The first-order valence-corrected chi connectivity index (χ1v) is 6.34. The standard InChI is InChI=1S/C14H18N2O3/c1-9-5-3-4-6-12(9)16-10(2)8-15-11(14(16)19)7-13(17)18/h3-6,10-11,15H,7-8H2,1-2H3,(H,17,18). The number of hydrogen-bond acceptors (Lipinski definition) is 3. The van der Waals surface area contributed by atoms with Gasteiger partial charge in [-0.05, 0) is 25.5 Å². The summed E-state index contributed by atoms with van der Waals surface area (Å²) >= 11 is 0. The van der Waals surface area contributed by atoms with Crippen molar-refractivity contribution >= 4 is 17.6 Å². The van der Waals surface area contributed by atoms with Crippen molar-refractivity contribution in [3.05, 3.63) is 29.8 Å². The summed E-state index contributed by atoms with van der Waals surface area (Å²) in [6.45, 7) is 4.50. The predicted octanol–water partition coefficient (Wildman–Crippen LogP) is 1.16. The van der Waals surface area contributed by atoms with Crippen molar-refractivity contribution in [1.82, 2.24) is 5.32 Å². The number of nitrogens with one attached hydrogen (secondary N) is 1. The van der Waals surface area contributed by atoms with Crippen molar-refractivity contribution in [2.24, 2.45) is 0 Å². The number of carbonyl (C=O) groups excluding carboxylic acids is 1. The Morgan fingerprint density at radius 1 is 1.47 bits per heavy atom. The van der Waals surface area contributed by atoms with Crippen LogP contribution in [-0.4, -0.2) is 35.6 Å². The fraction of sp³-hybridized carbons (Fsp3) is 0.429. The average molecular weight is 262 g/mol. The normalized spacial score (nSPS) is 23.5. The average Bonchev–Trinajstić information content (AvgIpc) is 2.35. The summed E-state index contributed by atoms with van der Waals surface area (Å²) in [7, 11) is 0. The number of carboxylic acid groups (broad SMARTS) is 1. The Hall–Kier alpha value is -1.88. The van der Waals surface area contributed by atoms with E-state index in [1.54, 1.807) is 4.90 Å². The molecule has 0 aliphatic carbocycles. The lowest BCUT2D eigenvalue weighted by Crippen LogP contribution is -2.60. The highest BCUT2D eigenvalue weighted by atomic mass is 16.4. The highest BCUT2D eigenvalue weighted by molar-refractivity contribution is 6.00. The summed E-state index contributed by atoms with van der Waals surface area (Å²) < 4.78 is 0. The summed E-state index contributed by atoms with van der Waals surface area (Å²) in [4.78, 5) is 24.9. The Labute approximate surface area is 112 Å². The minimum absolute atomic E-state index is 0.0126. The number of hydrogen-bond donors (Lipinski definition) is 2. The third-order valence-corrected chi connectivity index (χ3v) is 3.39. The molecule has 1 aliphatic rings. The smallest absolute Gasteiger partial charge is 0.305 e. The number of piperazine rings is 1. The Morgan fingerprint density at radius 2 is 2.16 bits per heavy atom. The molecule has 1 saturated heterocycles. The number of aliphatic carboxylic acids is 1. The SMILES string of the molecule is Cc1ccccc1N1C(=O)C(CC(=O)O)NCC1C. The molecule has 0 bridgehead atoms. The number of nitrogens with zero attached hydrogens (tertiary/aromatic N) is 1. The Morgan fingerprint density at radius 3 is 2.79 bits per heavy atom. The number of aryl methyl sites for hydroxylation is 1. The molecule has 0 saturated carbocycles. The number of carboxylic acids is 1. The zero-order valence-electron chi connectivity index (χ0n) is 11.1. The molecule has 1 aliphatic heterocycles. The second-order valence-corrected chi connectivity index (χ2v) is 4.90. The summed E-state index contributed by atoms with van der Waals surface area (Å²) in [6, 6.07) is 7.02. The van der Waals surface area contributed by atoms with Gasteiger partial charge < -0.3 is 15.3 Å². The highest BCUT2D eigenvalue weighted by Gasteiger charge is 2.35. The van der Waals surface area contributed by atoms with Crippen LogP contribution < -0.4 is 10.2 Å². The third kappa shape index (κ3) is 2.76. The van der Waals surface area contributed by atoms with Crippen molar-refractivity contribution in [3.8, 4) is 0 Å². The van der Waals surface area contributed by atoms with E-state index in [0.29, 0.717) is 6.54 Å². The molecule has 1 amide bonds. The molecule has 0 radical (unpaired) electrons. The molecule has 5 nitrogen and oxygen atoms in total. The van der Waals surface area contributed by atoms with Gasteiger partial charge in [-0.25, -0.2) is 0 Å². The summed E-state index contributed by atoms with van der Waals surface area (Å²) in [5.74, 6) is -1.14. The van der Waals surface area contributed by atoms with Gasteiger partial charge in [0, 0.05) is 18.3 Å². The first-order chi connectivity index (χ1) is 9.00.